The summed E-state index contributed by atoms with van der Waals surface area (Å²) in [7, 11) is 0. The van der Waals surface area contributed by atoms with Crippen molar-refractivity contribution in [2.24, 2.45) is 0 Å². The summed E-state index contributed by atoms with van der Waals surface area (Å²) in [5, 5.41) is 28.9. The van der Waals surface area contributed by atoms with Crippen LogP contribution in [0.1, 0.15) is 6.23 Å². The van der Waals surface area contributed by atoms with E-state index in [1.54, 1.807) is 0 Å². The molecule has 0 spiro atoms. The van der Waals surface area contributed by atoms with Gasteiger partial charge in [-0.1, -0.05) is 0 Å². The first-order valence-electron chi connectivity index (χ1n) is 6.06. The Balaban J connectivity index is 2.20. The molecular weight excluding hydrogens is 302 g/mol. The van der Waals surface area contributed by atoms with Gasteiger partial charge in [-0.25, -0.2) is 0 Å². The lowest BCUT2D eigenvalue weighted by atomic mass is 10.1. The average Bonchev–Trinajstić information content (AvgIpc) is 2.89. The van der Waals surface area contributed by atoms with Crippen molar-refractivity contribution in [1.29, 1.82) is 0 Å². The zero-order valence-corrected chi connectivity index (χ0v) is 11.4. The third-order valence-electron chi connectivity index (χ3n) is 3.37. The number of anilines is 1. The lowest BCUT2D eigenvalue weighted by Gasteiger charge is -2.16. The van der Waals surface area contributed by atoms with Gasteiger partial charge in [0.05, 0.1) is 6.61 Å². The number of nitrogen functional groups attached to an aromatic ring is 1. The molecule has 0 aromatic carbocycles. The van der Waals surface area contributed by atoms with E-state index in [2.05, 4.69) is 15.0 Å². The van der Waals surface area contributed by atoms with Crippen LogP contribution in [0.3, 0.4) is 0 Å². The Morgan fingerprint density at radius 3 is 2.71 bits per heavy atom. The molecule has 0 radical (unpaired) electrons. The second-order valence-electron chi connectivity index (χ2n) is 4.68. The molecule has 7 N–H and O–H groups in total. The largest absolute Gasteiger partial charge is 0.394 e. The quantitative estimate of drug-likeness (QED) is 0.346. The smallest absolute Gasteiger partial charge is 0.278 e. The highest BCUT2D eigenvalue weighted by Crippen LogP contribution is 2.31. The molecule has 0 unspecified atom stereocenters. The average molecular weight is 315 g/mol. The van der Waals surface area contributed by atoms with Gasteiger partial charge in [-0.05, 0) is 12.2 Å². The molecule has 0 aliphatic carbocycles. The Morgan fingerprint density at radius 2 is 2.10 bits per heavy atom. The normalized spacial score (nSPS) is 29.3. The molecule has 0 amide bonds. The summed E-state index contributed by atoms with van der Waals surface area (Å²) in [6.07, 6.45) is -4.68. The highest BCUT2D eigenvalue weighted by atomic mass is 32.1. The SMILES string of the molecule is Nc1nc2c([nH]c(=S)n2[C@@H]2O[C@H](CO)[C@@H](O)[C@@H]2O)c(=O)[nH]1. The van der Waals surface area contributed by atoms with Crippen molar-refractivity contribution < 1.29 is 20.1 Å². The molecule has 1 aliphatic heterocycles. The van der Waals surface area contributed by atoms with Gasteiger partial charge in [0.25, 0.3) is 5.56 Å². The number of imidazole rings is 1. The Morgan fingerprint density at radius 1 is 1.38 bits per heavy atom. The minimum Gasteiger partial charge on any atom is -0.394 e. The first kappa shape index (κ1) is 14.2. The number of hydrogen-bond donors (Lipinski definition) is 6. The first-order valence-corrected chi connectivity index (χ1v) is 6.47. The molecule has 10 nitrogen and oxygen atoms in total. The van der Waals surface area contributed by atoms with Crippen LogP contribution in [0.2, 0.25) is 0 Å². The minimum atomic E-state index is -1.34. The van der Waals surface area contributed by atoms with Crippen LogP contribution in [0.4, 0.5) is 5.95 Å². The summed E-state index contributed by atoms with van der Waals surface area (Å²) < 4.78 is 6.70. The van der Waals surface area contributed by atoms with Gasteiger partial charge in [0.15, 0.2) is 22.2 Å². The summed E-state index contributed by atoms with van der Waals surface area (Å²) >= 11 is 5.10. The summed E-state index contributed by atoms with van der Waals surface area (Å²) in [4.78, 5) is 20.7. The predicted molar refractivity (Wildman–Crippen MR) is 73.0 cm³/mol. The van der Waals surface area contributed by atoms with Gasteiger partial charge in [0, 0.05) is 0 Å². The molecule has 2 aromatic rings. The summed E-state index contributed by atoms with van der Waals surface area (Å²) in [6.45, 7) is -0.472. The van der Waals surface area contributed by atoms with E-state index >= 15 is 0 Å². The third kappa shape index (κ3) is 2.06. The third-order valence-corrected chi connectivity index (χ3v) is 3.67. The Bertz CT molecular complexity index is 797. The zero-order valence-electron chi connectivity index (χ0n) is 10.6. The van der Waals surface area contributed by atoms with E-state index in [0.29, 0.717) is 0 Å². The van der Waals surface area contributed by atoms with E-state index in [4.69, 9.17) is 27.8 Å². The van der Waals surface area contributed by atoms with Gasteiger partial charge < -0.3 is 30.8 Å². The molecule has 1 fully saturated rings. The Labute approximate surface area is 121 Å². The number of ether oxygens (including phenoxy) is 1. The maximum Gasteiger partial charge on any atom is 0.278 e. The van der Waals surface area contributed by atoms with Crippen molar-refractivity contribution in [3.05, 3.63) is 15.1 Å². The monoisotopic (exact) mass is 315 g/mol. The first-order chi connectivity index (χ1) is 9.93. The molecule has 1 aliphatic rings. The van der Waals surface area contributed by atoms with Crippen LogP contribution in [-0.4, -0.2) is 59.8 Å². The number of nitrogens with one attached hydrogen (secondary N) is 2. The van der Waals surface area contributed by atoms with Crippen LogP contribution in [0, 0.1) is 4.77 Å². The summed E-state index contributed by atoms with van der Waals surface area (Å²) in [5.41, 5.74) is 5.15. The summed E-state index contributed by atoms with van der Waals surface area (Å²) in [5.74, 6) is -0.123. The number of aromatic amines is 2. The van der Waals surface area contributed by atoms with Crippen molar-refractivity contribution in [3.8, 4) is 0 Å². The van der Waals surface area contributed by atoms with Crippen molar-refractivity contribution >= 4 is 29.3 Å². The molecule has 0 bridgehead atoms. The number of aliphatic hydroxyl groups is 3. The fraction of sp³-hybridized carbons (Fsp3) is 0.500. The van der Waals surface area contributed by atoms with Crippen LogP contribution in [-0.2, 0) is 4.74 Å². The molecular formula is C10H13N5O5S. The Hall–Kier alpha value is -1.79. The summed E-state index contributed by atoms with van der Waals surface area (Å²) in [6, 6.07) is 0. The fourth-order valence-corrected chi connectivity index (χ4v) is 2.65. The second kappa shape index (κ2) is 4.89. The van der Waals surface area contributed by atoms with E-state index in [0.717, 1.165) is 0 Å². The van der Waals surface area contributed by atoms with Gasteiger partial charge >= 0.3 is 0 Å². The highest BCUT2D eigenvalue weighted by Gasteiger charge is 2.44. The molecule has 11 heteroatoms. The number of rotatable bonds is 2. The number of nitrogens with zero attached hydrogens (tertiary/aromatic N) is 2. The number of hydrogen-bond acceptors (Lipinski definition) is 8. The van der Waals surface area contributed by atoms with E-state index in [9.17, 15) is 15.0 Å². The lowest BCUT2D eigenvalue weighted by Crippen LogP contribution is -2.33. The van der Waals surface area contributed by atoms with Crippen molar-refractivity contribution in [2.45, 2.75) is 24.5 Å². The molecule has 2 aromatic heterocycles. The van der Waals surface area contributed by atoms with E-state index in [1.807, 2.05) is 0 Å². The fourth-order valence-electron chi connectivity index (χ4n) is 2.36. The molecule has 0 saturated carbocycles. The van der Waals surface area contributed by atoms with E-state index in [-0.39, 0.29) is 21.9 Å². The predicted octanol–water partition coefficient (Wildman–Crippen LogP) is -2.02. The molecule has 1 saturated heterocycles. The van der Waals surface area contributed by atoms with Crippen LogP contribution in [0.5, 0.6) is 0 Å². The Kier molecular flexibility index (Phi) is 3.30. The van der Waals surface area contributed by atoms with Crippen LogP contribution in [0.15, 0.2) is 4.79 Å². The van der Waals surface area contributed by atoms with Crippen molar-refractivity contribution in [1.82, 2.24) is 19.5 Å². The number of aromatic nitrogens is 4. The molecule has 3 heterocycles. The maximum absolute atomic E-state index is 11.8. The van der Waals surface area contributed by atoms with Crippen LogP contribution in [0.25, 0.3) is 11.2 Å². The number of aliphatic hydroxyl groups excluding tert-OH is 3. The lowest BCUT2D eigenvalue weighted by molar-refractivity contribution is -0.0516. The number of H-pyrrole nitrogens is 2. The van der Waals surface area contributed by atoms with Gasteiger partial charge in [-0.2, -0.15) is 4.98 Å². The van der Waals surface area contributed by atoms with E-state index in [1.165, 1.54) is 4.57 Å². The second-order valence-corrected chi connectivity index (χ2v) is 5.07. The standard InChI is InChI=1S/C10H13N5O5S/c11-9-13-6-3(7(19)14-9)12-10(21)15(6)8-5(18)4(17)2(1-16)20-8/h2,4-5,8,16-18H,1H2,(H,12,21)(H3,11,13,14,19)/t2-,4-,5+,8-/m1/s1. The number of nitrogens with two attached hydrogens (primary N) is 1. The van der Waals surface area contributed by atoms with Gasteiger partial charge in [0.2, 0.25) is 5.95 Å². The number of fused-ring (bicyclic) bond motifs is 1. The van der Waals surface area contributed by atoms with Gasteiger partial charge in [-0.15, -0.1) is 0 Å². The van der Waals surface area contributed by atoms with Crippen LogP contribution < -0.4 is 11.3 Å². The molecule has 114 valence electrons. The van der Waals surface area contributed by atoms with Crippen molar-refractivity contribution in [2.75, 3.05) is 12.3 Å². The molecule has 4 atom stereocenters. The zero-order chi connectivity index (χ0) is 15.3. The van der Waals surface area contributed by atoms with Gasteiger partial charge in [-0.3, -0.25) is 14.3 Å². The topological polar surface area (TPSA) is 162 Å². The minimum absolute atomic E-state index is 0.0726. The van der Waals surface area contributed by atoms with E-state index < -0.39 is 36.7 Å². The van der Waals surface area contributed by atoms with Crippen molar-refractivity contribution in [3.63, 3.8) is 0 Å². The van der Waals surface area contributed by atoms with Crippen LogP contribution >= 0.6 is 12.2 Å². The maximum atomic E-state index is 11.8. The highest BCUT2D eigenvalue weighted by molar-refractivity contribution is 7.71. The van der Waals surface area contributed by atoms with Gasteiger partial charge in [0.1, 0.15) is 18.3 Å². The molecule has 21 heavy (non-hydrogen) atoms. The molecule has 3 rings (SSSR count).